The maximum absolute atomic E-state index is 13.0. The number of rotatable bonds is 1. The average molecular weight is 229 g/mol. The third kappa shape index (κ3) is 1.24. The minimum absolute atomic E-state index is 0.0814. The normalized spacial score (nSPS) is 46.7. The van der Waals surface area contributed by atoms with Crippen molar-refractivity contribution in [1.82, 2.24) is 0 Å². The summed E-state index contributed by atoms with van der Waals surface area (Å²) in [6.45, 7) is 4.58. The molecule has 0 aromatic heterocycles. The lowest BCUT2D eigenvalue weighted by molar-refractivity contribution is -0.194. The smallest absolute Gasteiger partial charge is 0.251 e. The molecule has 1 nitrogen and oxygen atoms in total. The van der Waals surface area contributed by atoms with Gasteiger partial charge >= 0.3 is 0 Å². The topological polar surface area (TPSA) is 26.0 Å². The van der Waals surface area contributed by atoms with E-state index in [-0.39, 0.29) is 12.8 Å². The van der Waals surface area contributed by atoms with Gasteiger partial charge in [-0.05, 0) is 42.4 Å². The lowest BCUT2D eigenvalue weighted by atomic mass is 9.41. The zero-order valence-corrected chi connectivity index (χ0v) is 10.1. The number of halogens is 2. The summed E-state index contributed by atoms with van der Waals surface area (Å²) in [7, 11) is 0. The summed E-state index contributed by atoms with van der Waals surface area (Å²) in [6.07, 6.45) is 3.33. The lowest BCUT2D eigenvalue weighted by Gasteiger charge is -2.65. The molecule has 0 spiro atoms. The zero-order chi connectivity index (χ0) is 11.8. The summed E-state index contributed by atoms with van der Waals surface area (Å²) in [5, 5.41) is 0. The van der Waals surface area contributed by atoms with Gasteiger partial charge in [-0.25, -0.2) is 8.78 Å². The third-order valence-electron chi connectivity index (χ3n) is 5.77. The molecule has 0 amide bonds. The third-order valence-corrected chi connectivity index (χ3v) is 5.77. The van der Waals surface area contributed by atoms with Gasteiger partial charge in [0.25, 0.3) is 5.92 Å². The Morgan fingerprint density at radius 2 is 1.69 bits per heavy atom. The molecule has 0 radical (unpaired) electrons. The Bertz CT molecular complexity index is 314. The van der Waals surface area contributed by atoms with E-state index in [0.29, 0.717) is 17.3 Å². The van der Waals surface area contributed by atoms with Gasteiger partial charge in [-0.1, -0.05) is 13.8 Å². The van der Waals surface area contributed by atoms with Gasteiger partial charge in [-0.2, -0.15) is 0 Å². The molecule has 0 aliphatic heterocycles. The molecule has 3 heteroatoms. The maximum Gasteiger partial charge on any atom is 0.251 e. The number of alkyl halides is 2. The highest BCUT2D eigenvalue weighted by atomic mass is 19.3. The van der Waals surface area contributed by atoms with E-state index >= 15 is 0 Å². The fourth-order valence-electron chi connectivity index (χ4n) is 4.67. The molecule has 2 N–H and O–H groups in total. The van der Waals surface area contributed by atoms with Crippen LogP contribution in [0.25, 0.3) is 0 Å². The van der Waals surface area contributed by atoms with Crippen LogP contribution in [0.3, 0.4) is 0 Å². The predicted octanol–water partition coefficient (Wildman–Crippen LogP) is 3.19. The first-order chi connectivity index (χ1) is 7.25. The monoisotopic (exact) mass is 229 g/mol. The molecule has 4 saturated carbocycles. The van der Waals surface area contributed by atoms with Crippen LogP contribution >= 0.6 is 0 Å². The molecule has 2 bridgehead atoms. The highest BCUT2D eigenvalue weighted by molar-refractivity contribution is 5.15. The van der Waals surface area contributed by atoms with Crippen LogP contribution in [0.1, 0.15) is 46.0 Å². The minimum atomic E-state index is -2.49. The van der Waals surface area contributed by atoms with Gasteiger partial charge in [-0.3, -0.25) is 0 Å². The van der Waals surface area contributed by atoms with Crippen molar-refractivity contribution < 1.29 is 8.78 Å². The highest BCUT2D eigenvalue weighted by Crippen LogP contribution is 2.66. The van der Waals surface area contributed by atoms with Crippen molar-refractivity contribution in [2.45, 2.75) is 57.4 Å². The van der Waals surface area contributed by atoms with Gasteiger partial charge in [0.15, 0.2) is 0 Å². The molecule has 0 heterocycles. The van der Waals surface area contributed by atoms with Gasteiger partial charge in [0.05, 0.1) is 0 Å². The molecule has 3 atom stereocenters. The van der Waals surface area contributed by atoms with Crippen LogP contribution in [0, 0.1) is 23.2 Å². The fourth-order valence-corrected chi connectivity index (χ4v) is 4.67. The number of hydrogen-bond donors (Lipinski definition) is 1. The second kappa shape index (κ2) is 2.80. The molecule has 92 valence electrons. The fraction of sp³-hybridized carbons (Fsp3) is 1.00. The Morgan fingerprint density at radius 1 is 1.06 bits per heavy atom. The molecule has 4 aliphatic rings. The first kappa shape index (κ1) is 10.9. The Hall–Kier alpha value is -0.180. The van der Waals surface area contributed by atoms with Crippen LogP contribution in [0.2, 0.25) is 0 Å². The summed E-state index contributed by atoms with van der Waals surface area (Å²) in [5.74, 6) is -0.739. The van der Waals surface area contributed by atoms with E-state index < -0.39 is 11.5 Å². The van der Waals surface area contributed by atoms with Gasteiger partial charge < -0.3 is 5.73 Å². The Balaban J connectivity index is 1.77. The van der Waals surface area contributed by atoms with Crippen LogP contribution in [0.5, 0.6) is 0 Å². The second-order valence-electron chi connectivity index (χ2n) is 6.99. The van der Waals surface area contributed by atoms with Crippen molar-refractivity contribution in [3.63, 3.8) is 0 Å². The molecule has 4 fully saturated rings. The molecular weight excluding hydrogens is 208 g/mol. The van der Waals surface area contributed by atoms with Crippen LogP contribution in [0.4, 0.5) is 8.78 Å². The molecule has 0 aromatic carbocycles. The van der Waals surface area contributed by atoms with Crippen molar-refractivity contribution in [1.29, 1.82) is 0 Å². The van der Waals surface area contributed by atoms with Crippen LogP contribution in [0.15, 0.2) is 0 Å². The van der Waals surface area contributed by atoms with E-state index in [1.54, 1.807) is 0 Å². The Morgan fingerprint density at radius 3 is 2.12 bits per heavy atom. The van der Waals surface area contributed by atoms with E-state index in [1.165, 1.54) is 12.8 Å². The summed E-state index contributed by atoms with van der Waals surface area (Å²) < 4.78 is 26.1. The molecule has 0 aromatic rings. The van der Waals surface area contributed by atoms with Crippen molar-refractivity contribution in [3.05, 3.63) is 0 Å². The number of hydrogen-bond acceptors (Lipinski definition) is 1. The average Bonchev–Trinajstić information content (AvgIpc) is 2.14. The van der Waals surface area contributed by atoms with E-state index in [0.717, 1.165) is 12.3 Å². The van der Waals surface area contributed by atoms with E-state index in [1.807, 2.05) is 0 Å². The molecular formula is C13H21F2N. The van der Waals surface area contributed by atoms with Gasteiger partial charge in [0.2, 0.25) is 0 Å². The van der Waals surface area contributed by atoms with Gasteiger partial charge in [0, 0.05) is 18.4 Å². The van der Waals surface area contributed by atoms with Crippen molar-refractivity contribution >= 4 is 0 Å². The zero-order valence-electron chi connectivity index (χ0n) is 10.1. The molecule has 3 unspecified atom stereocenters. The summed E-state index contributed by atoms with van der Waals surface area (Å²) >= 11 is 0. The van der Waals surface area contributed by atoms with Crippen LogP contribution in [-0.4, -0.2) is 11.5 Å². The van der Waals surface area contributed by atoms with Gasteiger partial charge in [0.1, 0.15) is 0 Å². The minimum Gasteiger partial charge on any atom is -0.324 e. The lowest BCUT2D eigenvalue weighted by Crippen LogP contribution is -2.68. The quantitative estimate of drug-likeness (QED) is 0.734. The van der Waals surface area contributed by atoms with E-state index in [9.17, 15) is 8.78 Å². The predicted molar refractivity (Wildman–Crippen MR) is 59.2 cm³/mol. The van der Waals surface area contributed by atoms with Gasteiger partial charge in [-0.15, -0.1) is 0 Å². The van der Waals surface area contributed by atoms with Crippen LogP contribution in [-0.2, 0) is 0 Å². The second-order valence-corrected chi connectivity index (χ2v) is 6.99. The number of nitrogens with two attached hydrogens (primary N) is 1. The van der Waals surface area contributed by atoms with Crippen molar-refractivity contribution in [2.24, 2.45) is 28.9 Å². The van der Waals surface area contributed by atoms with Crippen LogP contribution < -0.4 is 5.73 Å². The summed E-state index contributed by atoms with van der Waals surface area (Å²) in [4.78, 5) is 0. The van der Waals surface area contributed by atoms with E-state index in [2.05, 4.69) is 13.8 Å². The molecule has 4 aliphatic carbocycles. The Labute approximate surface area is 95.8 Å². The maximum atomic E-state index is 13.0. The summed E-state index contributed by atoms with van der Waals surface area (Å²) in [5.41, 5.74) is 6.00. The number of fused-ring (bicyclic) bond motifs is 2. The molecule has 0 saturated heterocycles. The first-order valence-electron chi connectivity index (χ1n) is 6.41. The SMILES string of the molecule is CC1(C)C2CCC(C3(N)CC(F)(F)C3)C1C2. The summed E-state index contributed by atoms with van der Waals surface area (Å²) in [6, 6.07) is 0. The standard InChI is InChI=1S/C13H21F2N/c1-11(2)8-3-4-9(10(11)5-8)12(16)6-13(14,15)7-12/h8-10H,3-7,16H2,1-2H3. The highest BCUT2D eigenvalue weighted by Gasteiger charge is 2.65. The van der Waals surface area contributed by atoms with Crippen molar-refractivity contribution in [2.75, 3.05) is 0 Å². The largest absolute Gasteiger partial charge is 0.324 e. The molecule has 16 heavy (non-hydrogen) atoms. The van der Waals surface area contributed by atoms with E-state index in [4.69, 9.17) is 5.73 Å². The molecule has 4 rings (SSSR count). The Kier molecular flexibility index (Phi) is 1.91. The first-order valence-corrected chi connectivity index (χ1v) is 6.41. The van der Waals surface area contributed by atoms with Crippen molar-refractivity contribution in [3.8, 4) is 0 Å².